The number of nitrogens with zero attached hydrogens (tertiary/aromatic N) is 3. The molecule has 0 spiro atoms. The summed E-state index contributed by atoms with van der Waals surface area (Å²) in [6, 6.07) is 7.14. The quantitative estimate of drug-likeness (QED) is 0.866. The highest BCUT2D eigenvalue weighted by Crippen LogP contribution is 2.08. The third-order valence-electron chi connectivity index (χ3n) is 3.21. The van der Waals surface area contributed by atoms with Crippen molar-refractivity contribution in [1.29, 1.82) is 0 Å². The van der Waals surface area contributed by atoms with Gasteiger partial charge in [-0.05, 0) is 19.2 Å². The number of hydrogen-bond donors (Lipinski definition) is 1. The second-order valence-corrected chi connectivity index (χ2v) is 4.65. The van der Waals surface area contributed by atoms with Crippen molar-refractivity contribution in [2.75, 3.05) is 27.2 Å². The first kappa shape index (κ1) is 14.2. The van der Waals surface area contributed by atoms with Gasteiger partial charge >= 0.3 is 0 Å². The van der Waals surface area contributed by atoms with Gasteiger partial charge in [0.05, 0.1) is 5.52 Å². The van der Waals surface area contributed by atoms with Gasteiger partial charge in [-0.15, -0.1) is 0 Å². The van der Waals surface area contributed by atoms with Gasteiger partial charge in [0.1, 0.15) is 0 Å². The fourth-order valence-electron chi connectivity index (χ4n) is 2.03. The van der Waals surface area contributed by atoms with Crippen LogP contribution >= 0.6 is 0 Å². The summed E-state index contributed by atoms with van der Waals surface area (Å²) in [6.07, 6.45) is 0. The fourth-order valence-corrected chi connectivity index (χ4v) is 2.03. The number of likely N-dealkylation sites (N-methyl/N-ethyl adjacent to an activating group) is 2. The van der Waals surface area contributed by atoms with Crippen LogP contribution in [0.5, 0.6) is 0 Å². The SMILES string of the molecule is CNCCN(C)C(=O)c1nn(C)c2ccccc2c1=O. The number of benzene rings is 1. The van der Waals surface area contributed by atoms with Crippen molar-refractivity contribution < 1.29 is 4.79 Å². The number of amides is 1. The Labute approximate surface area is 117 Å². The third kappa shape index (κ3) is 2.55. The Morgan fingerprint density at radius 2 is 2.10 bits per heavy atom. The second-order valence-electron chi connectivity index (χ2n) is 4.65. The minimum Gasteiger partial charge on any atom is -0.339 e. The van der Waals surface area contributed by atoms with Gasteiger partial charge in [-0.25, -0.2) is 0 Å². The molecule has 0 saturated heterocycles. The lowest BCUT2D eigenvalue weighted by atomic mass is 10.2. The number of nitrogens with one attached hydrogen (secondary N) is 1. The van der Waals surface area contributed by atoms with E-state index >= 15 is 0 Å². The Morgan fingerprint density at radius 3 is 2.80 bits per heavy atom. The van der Waals surface area contributed by atoms with Crippen LogP contribution in [0.15, 0.2) is 29.1 Å². The topological polar surface area (TPSA) is 67.2 Å². The summed E-state index contributed by atoms with van der Waals surface area (Å²) >= 11 is 0. The lowest BCUT2D eigenvalue weighted by Crippen LogP contribution is -2.37. The van der Waals surface area contributed by atoms with Crippen molar-refractivity contribution in [2.45, 2.75) is 0 Å². The Kier molecular flexibility index (Phi) is 4.14. The molecule has 106 valence electrons. The van der Waals surface area contributed by atoms with E-state index < -0.39 is 0 Å². The molecule has 0 aliphatic heterocycles. The van der Waals surface area contributed by atoms with Crippen molar-refractivity contribution in [3.8, 4) is 0 Å². The summed E-state index contributed by atoms with van der Waals surface area (Å²) in [7, 11) is 5.20. The van der Waals surface area contributed by atoms with E-state index in [-0.39, 0.29) is 17.0 Å². The number of aryl methyl sites for hydroxylation is 1. The lowest BCUT2D eigenvalue weighted by Gasteiger charge is -2.16. The van der Waals surface area contributed by atoms with Crippen LogP contribution in [0.2, 0.25) is 0 Å². The van der Waals surface area contributed by atoms with E-state index in [1.165, 1.54) is 4.90 Å². The summed E-state index contributed by atoms with van der Waals surface area (Å²) in [4.78, 5) is 26.1. The smallest absolute Gasteiger partial charge is 0.278 e. The first-order chi connectivity index (χ1) is 9.56. The van der Waals surface area contributed by atoms with Gasteiger partial charge in [0.15, 0.2) is 5.69 Å². The normalized spacial score (nSPS) is 10.8. The average Bonchev–Trinajstić information content (AvgIpc) is 2.47. The van der Waals surface area contributed by atoms with Crippen molar-refractivity contribution in [3.05, 3.63) is 40.2 Å². The van der Waals surface area contributed by atoms with E-state index in [0.29, 0.717) is 24.0 Å². The molecule has 6 heteroatoms. The van der Waals surface area contributed by atoms with Crippen molar-refractivity contribution in [3.63, 3.8) is 0 Å². The van der Waals surface area contributed by atoms with Gasteiger partial charge in [-0.3, -0.25) is 14.3 Å². The van der Waals surface area contributed by atoms with E-state index in [0.717, 1.165) is 0 Å². The lowest BCUT2D eigenvalue weighted by molar-refractivity contribution is 0.0787. The average molecular weight is 274 g/mol. The molecule has 1 N–H and O–H groups in total. The summed E-state index contributed by atoms with van der Waals surface area (Å²) in [6.45, 7) is 1.18. The number of carbonyl (C=O) groups excluding carboxylic acids is 1. The molecule has 1 aromatic heterocycles. The Bertz CT molecular complexity index is 693. The number of carbonyl (C=O) groups is 1. The number of fused-ring (bicyclic) bond motifs is 1. The molecule has 0 aliphatic carbocycles. The monoisotopic (exact) mass is 274 g/mol. The molecule has 0 radical (unpaired) electrons. The zero-order valence-electron chi connectivity index (χ0n) is 11.9. The van der Waals surface area contributed by atoms with Crippen LogP contribution < -0.4 is 10.7 Å². The summed E-state index contributed by atoms with van der Waals surface area (Å²) in [5.74, 6) is -0.355. The molecule has 0 unspecified atom stereocenters. The highest BCUT2D eigenvalue weighted by Gasteiger charge is 2.19. The van der Waals surface area contributed by atoms with Crippen LogP contribution in [0.4, 0.5) is 0 Å². The summed E-state index contributed by atoms with van der Waals surface area (Å²) in [5.41, 5.74) is 0.358. The van der Waals surface area contributed by atoms with Gasteiger partial charge < -0.3 is 10.2 Å². The third-order valence-corrected chi connectivity index (χ3v) is 3.21. The van der Waals surface area contributed by atoms with Crippen LogP contribution in [0.3, 0.4) is 0 Å². The van der Waals surface area contributed by atoms with Gasteiger partial charge in [0, 0.05) is 32.6 Å². The summed E-state index contributed by atoms with van der Waals surface area (Å²) in [5, 5.41) is 7.60. The van der Waals surface area contributed by atoms with Gasteiger partial charge in [-0.2, -0.15) is 5.10 Å². The van der Waals surface area contributed by atoms with Crippen molar-refractivity contribution in [1.82, 2.24) is 20.0 Å². The molecule has 0 bridgehead atoms. The number of para-hydroxylation sites is 1. The van der Waals surface area contributed by atoms with Crippen LogP contribution in [0.25, 0.3) is 10.9 Å². The van der Waals surface area contributed by atoms with E-state index in [2.05, 4.69) is 10.4 Å². The zero-order chi connectivity index (χ0) is 14.7. The minimum absolute atomic E-state index is 0.0372. The van der Waals surface area contributed by atoms with Crippen LogP contribution in [-0.2, 0) is 7.05 Å². The van der Waals surface area contributed by atoms with Gasteiger partial charge in [0.2, 0.25) is 5.43 Å². The molecule has 2 rings (SSSR count). The van der Waals surface area contributed by atoms with Crippen LogP contribution in [-0.4, -0.2) is 47.8 Å². The number of rotatable bonds is 4. The molecule has 1 amide bonds. The second kappa shape index (κ2) is 5.83. The van der Waals surface area contributed by atoms with E-state index in [4.69, 9.17) is 0 Å². The van der Waals surface area contributed by atoms with E-state index in [9.17, 15) is 9.59 Å². The number of aromatic nitrogens is 2. The highest BCUT2D eigenvalue weighted by molar-refractivity contribution is 5.95. The maximum Gasteiger partial charge on any atom is 0.278 e. The standard InChI is InChI=1S/C14H18N4O2/c1-15-8-9-17(2)14(20)12-13(19)10-6-4-5-7-11(10)18(3)16-12/h4-7,15H,8-9H2,1-3H3. The van der Waals surface area contributed by atoms with Crippen LogP contribution in [0.1, 0.15) is 10.5 Å². The number of hydrogen-bond acceptors (Lipinski definition) is 4. The van der Waals surface area contributed by atoms with Crippen LogP contribution in [0, 0.1) is 0 Å². The van der Waals surface area contributed by atoms with Crippen molar-refractivity contribution >= 4 is 16.8 Å². The Balaban J connectivity index is 2.48. The molecular formula is C14H18N4O2. The van der Waals surface area contributed by atoms with E-state index in [1.54, 1.807) is 30.9 Å². The van der Waals surface area contributed by atoms with E-state index in [1.807, 2.05) is 19.2 Å². The van der Waals surface area contributed by atoms with Gasteiger partial charge in [-0.1, -0.05) is 12.1 Å². The highest BCUT2D eigenvalue weighted by atomic mass is 16.2. The molecule has 1 heterocycles. The van der Waals surface area contributed by atoms with Gasteiger partial charge in [0.25, 0.3) is 5.91 Å². The largest absolute Gasteiger partial charge is 0.339 e. The maximum atomic E-state index is 12.4. The minimum atomic E-state index is -0.355. The molecule has 0 fully saturated rings. The molecule has 0 aliphatic rings. The predicted molar refractivity (Wildman–Crippen MR) is 77.9 cm³/mol. The first-order valence-corrected chi connectivity index (χ1v) is 6.42. The summed E-state index contributed by atoms with van der Waals surface area (Å²) < 4.78 is 1.57. The first-order valence-electron chi connectivity index (χ1n) is 6.42. The molecule has 2 aromatic rings. The molecule has 6 nitrogen and oxygen atoms in total. The molecule has 0 atom stereocenters. The fraction of sp³-hybridized carbons (Fsp3) is 0.357. The Morgan fingerprint density at radius 1 is 1.40 bits per heavy atom. The molecule has 0 saturated carbocycles. The maximum absolute atomic E-state index is 12.4. The van der Waals surface area contributed by atoms with Crippen molar-refractivity contribution in [2.24, 2.45) is 7.05 Å². The molecule has 1 aromatic carbocycles. The molecular weight excluding hydrogens is 256 g/mol. The predicted octanol–water partition coefficient (Wildman–Crippen LogP) is 0.225. The Hall–Kier alpha value is -2.21. The molecule has 20 heavy (non-hydrogen) atoms. The zero-order valence-corrected chi connectivity index (χ0v) is 11.9.